The summed E-state index contributed by atoms with van der Waals surface area (Å²) in [5.41, 5.74) is 0.617. The smallest absolute Gasteiger partial charge is 0.251 e. The summed E-state index contributed by atoms with van der Waals surface area (Å²) in [4.78, 5) is 24.4. The van der Waals surface area contributed by atoms with Gasteiger partial charge in [0.2, 0.25) is 0 Å². The average Bonchev–Trinajstić information content (AvgIpc) is 3.45. The minimum Gasteiger partial charge on any atom is -0.496 e. The molecule has 7 heteroatoms. The molecule has 1 amide bonds. The van der Waals surface area contributed by atoms with Gasteiger partial charge in [-0.15, -0.1) is 0 Å². The number of para-hydroxylation sites is 1. The zero-order chi connectivity index (χ0) is 18.7. The third-order valence-corrected chi connectivity index (χ3v) is 5.75. The van der Waals surface area contributed by atoms with Gasteiger partial charge in [0, 0.05) is 11.6 Å². The van der Waals surface area contributed by atoms with Gasteiger partial charge in [-0.1, -0.05) is 12.1 Å². The maximum Gasteiger partial charge on any atom is 0.251 e. The Morgan fingerprint density at radius 2 is 1.73 bits per heavy atom. The van der Waals surface area contributed by atoms with Crippen LogP contribution in [0.2, 0.25) is 0 Å². The Hall–Kier alpha value is -2.67. The highest BCUT2D eigenvalue weighted by atomic mass is 32.2. The summed E-state index contributed by atoms with van der Waals surface area (Å²) < 4.78 is 30.1. The monoisotopic (exact) mass is 373 g/mol. The quantitative estimate of drug-likeness (QED) is 0.752. The lowest BCUT2D eigenvalue weighted by Gasteiger charge is -2.09. The molecule has 0 bridgehead atoms. The van der Waals surface area contributed by atoms with Gasteiger partial charge in [0.25, 0.3) is 5.91 Å². The Kier molecular flexibility index (Phi) is 5.08. The van der Waals surface area contributed by atoms with Crippen LogP contribution in [-0.4, -0.2) is 39.0 Å². The van der Waals surface area contributed by atoms with Crippen LogP contribution >= 0.6 is 0 Å². The maximum atomic E-state index is 12.5. The molecule has 3 rings (SSSR count). The predicted octanol–water partition coefficient (Wildman–Crippen LogP) is 2.24. The Labute approximate surface area is 152 Å². The lowest BCUT2D eigenvalue weighted by Crippen LogP contribution is -2.25. The topological polar surface area (TPSA) is 89.5 Å². The van der Waals surface area contributed by atoms with E-state index in [1.807, 2.05) is 0 Å². The van der Waals surface area contributed by atoms with Crippen LogP contribution < -0.4 is 10.1 Å². The molecule has 1 saturated carbocycles. The molecule has 0 heterocycles. The van der Waals surface area contributed by atoms with Crippen molar-refractivity contribution in [1.29, 1.82) is 0 Å². The molecular weight excluding hydrogens is 354 g/mol. The number of methoxy groups -OCH3 is 1. The summed E-state index contributed by atoms with van der Waals surface area (Å²) in [6.07, 6.45) is 1.95. The molecule has 1 aliphatic carbocycles. The standard InChI is InChI=1S/C19H19NO5S/c1-25-18-5-3-2-4-16(18)17(21)12-26(23,24)15-10-6-13(7-11-15)19(22)20-14-8-9-14/h2-7,10-11,14H,8-9,12H2,1H3,(H,20,22). The van der Waals surface area contributed by atoms with Gasteiger partial charge in [-0.3, -0.25) is 9.59 Å². The number of benzene rings is 2. The van der Waals surface area contributed by atoms with Crippen molar-refractivity contribution in [3.05, 3.63) is 59.7 Å². The Morgan fingerprint density at radius 3 is 2.35 bits per heavy atom. The first kappa shape index (κ1) is 18.1. The van der Waals surface area contributed by atoms with E-state index in [1.165, 1.54) is 37.4 Å². The second-order valence-electron chi connectivity index (χ2n) is 6.15. The first-order chi connectivity index (χ1) is 12.4. The SMILES string of the molecule is COc1ccccc1C(=O)CS(=O)(=O)c1ccc(C(=O)NC2CC2)cc1. The number of rotatable bonds is 7. The second kappa shape index (κ2) is 7.29. The third-order valence-electron chi connectivity index (χ3n) is 4.12. The van der Waals surface area contributed by atoms with Crippen molar-refractivity contribution in [1.82, 2.24) is 5.32 Å². The van der Waals surface area contributed by atoms with Gasteiger partial charge in [-0.25, -0.2) is 8.42 Å². The van der Waals surface area contributed by atoms with Gasteiger partial charge in [-0.2, -0.15) is 0 Å². The minimum absolute atomic E-state index is 0.00344. The van der Waals surface area contributed by atoms with Crippen LogP contribution in [0.25, 0.3) is 0 Å². The molecule has 6 nitrogen and oxygen atoms in total. The Morgan fingerprint density at radius 1 is 1.08 bits per heavy atom. The normalized spacial score (nSPS) is 13.9. The number of Topliss-reactive ketones (excluding diaryl/α,β-unsaturated/α-hetero) is 1. The number of hydrogen-bond acceptors (Lipinski definition) is 5. The van der Waals surface area contributed by atoms with Crippen LogP contribution in [0.5, 0.6) is 5.75 Å². The molecule has 1 fully saturated rings. The molecule has 2 aromatic rings. The molecule has 0 aromatic heterocycles. The van der Waals surface area contributed by atoms with Crippen LogP contribution in [0.4, 0.5) is 0 Å². The summed E-state index contributed by atoms with van der Waals surface area (Å²) in [5, 5.41) is 2.84. The van der Waals surface area contributed by atoms with E-state index < -0.39 is 21.4 Å². The van der Waals surface area contributed by atoms with Gasteiger partial charge < -0.3 is 10.1 Å². The molecule has 0 saturated heterocycles. The molecule has 0 unspecified atom stereocenters. The molecule has 1 aliphatic rings. The van der Waals surface area contributed by atoms with E-state index in [1.54, 1.807) is 18.2 Å². The maximum absolute atomic E-state index is 12.5. The number of ether oxygens (including phenoxy) is 1. The molecule has 0 spiro atoms. The highest BCUT2D eigenvalue weighted by molar-refractivity contribution is 7.92. The summed E-state index contributed by atoms with van der Waals surface area (Å²) in [7, 11) is -2.40. The van der Waals surface area contributed by atoms with Gasteiger partial charge in [0.05, 0.1) is 17.6 Å². The number of carbonyl (C=O) groups is 2. The van der Waals surface area contributed by atoms with Gasteiger partial charge in [-0.05, 0) is 49.2 Å². The summed E-state index contributed by atoms with van der Waals surface area (Å²) >= 11 is 0. The van der Waals surface area contributed by atoms with Crippen molar-refractivity contribution in [2.45, 2.75) is 23.8 Å². The Bertz CT molecular complexity index is 931. The number of carbonyl (C=O) groups excluding carboxylic acids is 2. The molecule has 0 radical (unpaired) electrons. The fourth-order valence-corrected chi connectivity index (χ4v) is 3.74. The van der Waals surface area contributed by atoms with Gasteiger partial charge >= 0.3 is 0 Å². The second-order valence-corrected chi connectivity index (χ2v) is 8.14. The van der Waals surface area contributed by atoms with Crippen molar-refractivity contribution < 1.29 is 22.7 Å². The van der Waals surface area contributed by atoms with Gasteiger partial charge in [0.15, 0.2) is 15.6 Å². The van der Waals surface area contributed by atoms with E-state index in [0.717, 1.165) is 12.8 Å². The summed E-state index contributed by atoms with van der Waals surface area (Å²) in [6, 6.07) is 12.3. The van der Waals surface area contributed by atoms with Crippen molar-refractivity contribution in [3.63, 3.8) is 0 Å². The van der Waals surface area contributed by atoms with Crippen molar-refractivity contribution in [3.8, 4) is 5.75 Å². The predicted molar refractivity (Wildman–Crippen MR) is 96.3 cm³/mol. The van der Waals surface area contributed by atoms with Crippen molar-refractivity contribution in [2.24, 2.45) is 0 Å². The summed E-state index contributed by atoms with van der Waals surface area (Å²) in [6.45, 7) is 0. The number of ketones is 1. The molecule has 1 N–H and O–H groups in total. The molecule has 136 valence electrons. The van der Waals surface area contributed by atoms with E-state index in [-0.39, 0.29) is 22.4 Å². The fourth-order valence-electron chi connectivity index (χ4n) is 2.52. The zero-order valence-corrected chi connectivity index (χ0v) is 15.1. The highest BCUT2D eigenvalue weighted by Gasteiger charge is 2.25. The molecule has 2 aromatic carbocycles. The first-order valence-corrected chi connectivity index (χ1v) is 9.86. The van der Waals surface area contributed by atoms with E-state index in [0.29, 0.717) is 11.3 Å². The minimum atomic E-state index is -3.82. The zero-order valence-electron chi connectivity index (χ0n) is 14.3. The lowest BCUT2D eigenvalue weighted by atomic mass is 10.1. The lowest BCUT2D eigenvalue weighted by molar-refractivity contribution is 0.0949. The third kappa shape index (κ3) is 4.11. The van der Waals surface area contributed by atoms with Crippen molar-refractivity contribution in [2.75, 3.05) is 12.9 Å². The van der Waals surface area contributed by atoms with E-state index in [2.05, 4.69) is 5.32 Å². The van der Waals surface area contributed by atoms with Crippen LogP contribution in [0, 0.1) is 0 Å². The van der Waals surface area contributed by atoms with Crippen molar-refractivity contribution >= 4 is 21.5 Å². The molecule has 0 atom stereocenters. The number of hydrogen-bond donors (Lipinski definition) is 1. The fraction of sp³-hybridized carbons (Fsp3) is 0.263. The Balaban J connectivity index is 1.75. The van der Waals surface area contributed by atoms with Crippen LogP contribution in [0.3, 0.4) is 0 Å². The van der Waals surface area contributed by atoms with E-state index >= 15 is 0 Å². The van der Waals surface area contributed by atoms with Gasteiger partial charge in [0.1, 0.15) is 11.5 Å². The van der Waals surface area contributed by atoms with Crippen LogP contribution in [0.1, 0.15) is 33.6 Å². The number of sulfone groups is 1. The number of nitrogens with one attached hydrogen (secondary N) is 1. The highest BCUT2D eigenvalue weighted by Crippen LogP contribution is 2.22. The average molecular weight is 373 g/mol. The van der Waals surface area contributed by atoms with Crippen LogP contribution in [-0.2, 0) is 9.84 Å². The van der Waals surface area contributed by atoms with E-state index in [4.69, 9.17) is 4.74 Å². The number of amides is 1. The van der Waals surface area contributed by atoms with Crippen LogP contribution in [0.15, 0.2) is 53.4 Å². The molecule has 26 heavy (non-hydrogen) atoms. The summed E-state index contributed by atoms with van der Waals surface area (Å²) in [5.74, 6) is -1.10. The first-order valence-electron chi connectivity index (χ1n) is 8.20. The molecular formula is C19H19NO5S. The largest absolute Gasteiger partial charge is 0.496 e. The molecule has 0 aliphatic heterocycles. The van der Waals surface area contributed by atoms with E-state index in [9.17, 15) is 18.0 Å².